The van der Waals surface area contributed by atoms with Gasteiger partial charge in [-0.1, -0.05) is 59.8 Å². The van der Waals surface area contributed by atoms with Crippen LogP contribution in [0.2, 0.25) is 18.1 Å². The first-order valence-corrected chi connectivity index (χ1v) is 17.9. The van der Waals surface area contributed by atoms with E-state index >= 15 is 0 Å². The van der Waals surface area contributed by atoms with Gasteiger partial charge in [-0.15, -0.1) is 0 Å². The molecule has 0 heterocycles. The van der Waals surface area contributed by atoms with Gasteiger partial charge >= 0.3 is 5.97 Å². The van der Waals surface area contributed by atoms with Crippen LogP contribution in [0.4, 0.5) is 0 Å². The first kappa shape index (κ1) is 38.4. The summed E-state index contributed by atoms with van der Waals surface area (Å²) in [6.07, 6.45) is 7.47. The summed E-state index contributed by atoms with van der Waals surface area (Å²) in [4.78, 5) is 11.6. The molecule has 0 N–H and O–H groups in total. The van der Waals surface area contributed by atoms with Gasteiger partial charge in [0.15, 0.2) is 8.32 Å². The van der Waals surface area contributed by atoms with E-state index in [0.29, 0.717) is 98.9 Å². The van der Waals surface area contributed by atoms with E-state index in [0.717, 1.165) is 12.8 Å². The van der Waals surface area contributed by atoms with Crippen LogP contribution in [-0.4, -0.2) is 107 Å². The zero-order valence-electron chi connectivity index (χ0n) is 26.0. The van der Waals surface area contributed by atoms with Crippen LogP contribution in [0.3, 0.4) is 0 Å². The zero-order valence-corrected chi connectivity index (χ0v) is 27.0. The number of unbranched alkanes of at least 4 members (excludes halogenated alkanes) is 5. The van der Waals surface area contributed by atoms with Crippen molar-refractivity contribution in [2.75, 3.05) is 92.5 Å². The molecular formula is C29H60O9Si. The minimum atomic E-state index is -1.69. The summed E-state index contributed by atoms with van der Waals surface area (Å²) < 4.78 is 44.1. The summed E-state index contributed by atoms with van der Waals surface area (Å²) >= 11 is 0. The fraction of sp³-hybridized carbons (Fsp3) is 0.966. The Morgan fingerprint density at radius 3 is 1.31 bits per heavy atom. The SMILES string of the molecule is CCCCCCCCC(=O)OCCOCCOCCOCCOCCOCCOCCO[Si](C)(C)C(C)(C)C. The Balaban J connectivity index is 3.21. The fourth-order valence-electron chi connectivity index (χ4n) is 3.11. The Labute approximate surface area is 240 Å². The van der Waals surface area contributed by atoms with E-state index in [4.69, 9.17) is 37.6 Å². The fourth-order valence-corrected chi connectivity index (χ4v) is 4.14. The smallest absolute Gasteiger partial charge is 0.305 e. The van der Waals surface area contributed by atoms with E-state index in [2.05, 4.69) is 40.8 Å². The van der Waals surface area contributed by atoms with Crippen LogP contribution in [0.5, 0.6) is 0 Å². The topological polar surface area (TPSA) is 90.9 Å². The van der Waals surface area contributed by atoms with E-state index in [1.807, 2.05) is 0 Å². The molecular weight excluding hydrogens is 520 g/mol. The number of hydrogen-bond acceptors (Lipinski definition) is 9. The molecule has 0 fully saturated rings. The first-order valence-electron chi connectivity index (χ1n) is 15.0. The molecule has 0 saturated heterocycles. The molecule has 0 amide bonds. The molecule has 0 aliphatic heterocycles. The molecule has 39 heavy (non-hydrogen) atoms. The highest BCUT2D eigenvalue weighted by molar-refractivity contribution is 6.74. The van der Waals surface area contributed by atoms with Gasteiger partial charge in [0.25, 0.3) is 0 Å². The largest absolute Gasteiger partial charge is 0.463 e. The van der Waals surface area contributed by atoms with Crippen LogP contribution in [0.15, 0.2) is 0 Å². The number of esters is 1. The highest BCUT2D eigenvalue weighted by Gasteiger charge is 2.36. The Morgan fingerprint density at radius 1 is 0.538 bits per heavy atom. The molecule has 0 aromatic carbocycles. The van der Waals surface area contributed by atoms with E-state index in [1.165, 1.54) is 25.7 Å². The Bertz CT molecular complexity index is 541. The van der Waals surface area contributed by atoms with E-state index in [1.54, 1.807) is 0 Å². The molecule has 0 spiro atoms. The number of ether oxygens (including phenoxy) is 7. The minimum Gasteiger partial charge on any atom is -0.463 e. The number of carbonyl (C=O) groups excluding carboxylic acids is 1. The average molecular weight is 581 g/mol. The van der Waals surface area contributed by atoms with Gasteiger partial charge in [-0.3, -0.25) is 4.79 Å². The second kappa shape index (κ2) is 26.3. The lowest BCUT2D eigenvalue weighted by atomic mass is 10.1. The Kier molecular flexibility index (Phi) is 25.9. The highest BCUT2D eigenvalue weighted by Crippen LogP contribution is 2.36. The van der Waals surface area contributed by atoms with Crippen LogP contribution < -0.4 is 0 Å². The molecule has 0 bridgehead atoms. The van der Waals surface area contributed by atoms with Crippen molar-refractivity contribution in [2.24, 2.45) is 0 Å². The molecule has 0 aliphatic carbocycles. The number of rotatable bonds is 29. The normalized spacial score (nSPS) is 12.3. The highest BCUT2D eigenvalue weighted by atomic mass is 28.4. The number of carbonyl (C=O) groups is 1. The summed E-state index contributed by atoms with van der Waals surface area (Å²) in [7, 11) is -1.69. The van der Waals surface area contributed by atoms with Crippen molar-refractivity contribution in [3.63, 3.8) is 0 Å². The molecule has 0 aromatic heterocycles. The maximum Gasteiger partial charge on any atom is 0.305 e. The van der Waals surface area contributed by atoms with E-state index in [-0.39, 0.29) is 11.0 Å². The average Bonchev–Trinajstić information content (AvgIpc) is 2.88. The van der Waals surface area contributed by atoms with Gasteiger partial charge in [0.2, 0.25) is 0 Å². The summed E-state index contributed by atoms with van der Waals surface area (Å²) in [5.41, 5.74) is 0. The summed E-state index contributed by atoms with van der Waals surface area (Å²) in [6, 6.07) is 0. The second-order valence-electron chi connectivity index (χ2n) is 11.0. The third kappa shape index (κ3) is 26.1. The molecule has 0 radical (unpaired) electrons. The molecule has 0 aromatic rings. The lowest BCUT2D eigenvalue weighted by molar-refractivity contribution is -0.145. The second-order valence-corrected chi connectivity index (χ2v) is 15.8. The van der Waals surface area contributed by atoms with Crippen molar-refractivity contribution in [1.82, 2.24) is 0 Å². The van der Waals surface area contributed by atoms with Crippen molar-refractivity contribution in [3.05, 3.63) is 0 Å². The van der Waals surface area contributed by atoms with Crippen molar-refractivity contribution < 1.29 is 42.4 Å². The van der Waals surface area contributed by atoms with Crippen LogP contribution in [0.25, 0.3) is 0 Å². The van der Waals surface area contributed by atoms with Crippen LogP contribution in [-0.2, 0) is 42.4 Å². The Morgan fingerprint density at radius 2 is 0.897 bits per heavy atom. The molecule has 9 nitrogen and oxygen atoms in total. The monoisotopic (exact) mass is 580 g/mol. The first-order chi connectivity index (χ1) is 18.7. The van der Waals surface area contributed by atoms with Gasteiger partial charge in [0.1, 0.15) is 6.61 Å². The molecule has 0 rings (SSSR count). The molecule has 10 heteroatoms. The van der Waals surface area contributed by atoms with Gasteiger partial charge in [0.05, 0.1) is 85.9 Å². The molecule has 0 atom stereocenters. The number of hydrogen-bond donors (Lipinski definition) is 0. The predicted octanol–water partition coefficient (Wildman–Crippen LogP) is 5.40. The van der Waals surface area contributed by atoms with Crippen LogP contribution in [0, 0.1) is 0 Å². The zero-order chi connectivity index (χ0) is 29.1. The quantitative estimate of drug-likeness (QED) is 0.0655. The molecule has 0 aliphatic rings. The third-order valence-corrected chi connectivity index (χ3v) is 11.1. The molecule has 0 unspecified atom stereocenters. The lowest BCUT2D eigenvalue weighted by Gasteiger charge is -2.36. The van der Waals surface area contributed by atoms with Gasteiger partial charge in [-0.25, -0.2) is 0 Å². The third-order valence-electron chi connectivity index (χ3n) is 6.58. The summed E-state index contributed by atoms with van der Waals surface area (Å²) in [5, 5.41) is 0.220. The van der Waals surface area contributed by atoms with Gasteiger partial charge in [-0.2, -0.15) is 0 Å². The molecule has 0 saturated carbocycles. The Hall–Kier alpha value is -0.593. The summed E-state index contributed by atoms with van der Waals surface area (Å²) in [5.74, 6) is -0.136. The summed E-state index contributed by atoms with van der Waals surface area (Å²) in [6.45, 7) is 20.5. The van der Waals surface area contributed by atoms with Gasteiger partial charge in [0, 0.05) is 6.42 Å². The van der Waals surface area contributed by atoms with Crippen molar-refractivity contribution in [1.29, 1.82) is 0 Å². The van der Waals surface area contributed by atoms with Crippen molar-refractivity contribution >= 4 is 14.3 Å². The minimum absolute atomic E-state index is 0.136. The van der Waals surface area contributed by atoms with Crippen LogP contribution >= 0.6 is 0 Å². The van der Waals surface area contributed by atoms with E-state index < -0.39 is 8.32 Å². The predicted molar refractivity (Wildman–Crippen MR) is 157 cm³/mol. The van der Waals surface area contributed by atoms with Gasteiger partial charge in [-0.05, 0) is 24.6 Å². The van der Waals surface area contributed by atoms with Crippen LogP contribution in [0.1, 0.15) is 72.6 Å². The van der Waals surface area contributed by atoms with Crippen molar-refractivity contribution in [2.45, 2.75) is 90.8 Å². The van der Waals surface area contributed by atoms with Crippen molar-refractivity contribution in [3.8, 4) is 0 Å². The standard InChI is InChI=1S/C29H60O9Si/c1-7-8-9-10-11-12-13-28(30)37-26-24-35-22-20-33-18-16-31-14-15-32-17-19-34-21-23-36-25-27-38-39(5,6)29(2,3)4/h7-27H2,1-6H3. The maximum atomic E-state index is 11.6. The lowest BCUT2D eigenvalue weighted by Crippen LogP contribution is -2.41. The molecule has 234 valence electrons. The van der Waals surface area contributed by atoms with E-state index in [9.17, 15) is 4.79 Å². The van der Waals surface area contributed by atoms with Gasteiger partial charge < -0.3 is 37.6 Å². The maximum absolute atomic E-state index is 11.6.